The van der Waals surface area contributed by atoms with Gasteiger partial charge in [0.1, 0.15) is 0 Å². The molecule has 1 atom stereocenters. The standard InChI is InChI=1S/C15H24N2O2S/c1-11-9-20-10-14(11)16-15(19)17(8-12(2)18)13-6-4-3-5-7-13/h9-10,12-13,18H,3-8H2,1-2H3,(H,16,19). The van der Waals surface area contributed by atoms with E-state index < -0.39 is 6.10 Å². The summed E-state index contributed by atoms with van der Waals surface area (Å²) in [6.07, 6.45) is 5.19. The van der Waals surface area contributed by atoms with E-state index in [0.717, 1.165) is 24.1 Å². The molecule has 112 valence electrons. The lowest BCUT2D eigenvalue weighted by Gasteiger charge is -2.35. The molecule has 2 amide bonds. The highest BCUT2D eigenvalue weighted by Gasteiger charge is 2.26. The number of hydrogen-bond acceptors (Lipinski definition) is 3. The second-order valence-corrected chi connectivity index (χ2v) is 6.44. The third kappa shape index (κ3) is 3.96. The first kappa shape index (κ1) is 15.3. The molecule has 1 aromatic heterocycles. The zero-order chi connectivity index (χ0) is 14.5. The maximum Gasteiger partial charge on any atom is 0.322 e. The molecule has 1 saturated carbocycles. The van der Waals surface area contributed by atoms with Gasteiger partial charge in [-0.3, -0.25) is 0 Å². The van der Waals surface area contributed by atoms with Crippen molar-refractivity contribution in [2.24, 2.45) is 0 Å². The van der Waals surface area contributed by atoms with Gasteiger partial charge in [-0.05, 0) is 37.6 Å². The molecular formula is C15H24N2O2S. The number of amides is 2. The number of rotatable bonds is 4. The molecule has 1 unspecified atom stereocenters. The average Bonchev–Trinajstić information content (AvgIpc) is 2.82. The van der Waals surface area contributed by atoms with Gasteiger partial charge in [-0.2, -0.15) is 0 Å². The predicted molar refractivity (Wildman–Crippen MR) is 83.3 cm³/mol. The Morgan fingerprint density at radius 3 is 2.70 bits per heavy atom. The van der Waals surface area contributed by atoms with Gasteiger partial charge in [0.2, 0.25) is 0 Å². The van der Waals surface area contributed by atoms with Crippen LogP contribution in [0.4, 0.5) is 10.5 Å². The number of anilines is 1. The van der Waals surface area contributed by atoms with Crippen molar-refractivity contribution < 1.29 is 9.90 Å². The van der Waals surface area contributed by atoms with E-state index in [-0.39, 0.29) is 12.1 Å². The molecule has 2 rings (SSSR count). The van der Waals surface area contributed by atoms with Crippen molar-refractivity contribution in [2.45, 2.75) is 58.1 Å². The number of thiophene rings is 1. The van der Waals surface area contributed by atoms with Gasteiger partial charge in [-0.25, -0.2) is 4.79 Å². The van der Waals surface area contributed by atoms with Gasteiger partial charge in [0.05, 0.1) is 11.8 Å². The summed E-state index contributed by atoms with van der Waals surface area (Å²) in [5.74, 6) is 0. The molecule has 0 saturated heterocycles. The summed E-state index contributed by atoms with van der Waals surface area (Å²) >= 11 is 1.59. The largest absolute Gasteiger partial charge is 0.392 e. The van der Waals surface area contributed by atoms with Crippen molar-refractivity contribution in [1.82, 2.24) is 4.90 Å². The van der Waals surface area contributed by atoms with Crippen molar-refractivity contribution >= 4 is 23.1 Å². The van der Waals surface area contributed by atoms with Gasteiger partial charge in [0.15, 0.2) is 0 Å². The van der Waals surface area contributed by atoms with Gasteiger partial charge in [0.25, 0.3) is 0 Å². The van der Waals surface area contributed by atoms with Crippen LogP contribution in [0.25, 0.3) is 0 Å². The zero-order valence-electron chi connectivity index (χ0n) is 12.3. The highest BCUT2D eigenvalue weighted by atomic mass is 32.1. The number of aryl methyl sites for hydroxylation is 1. The fourth-order valence-corrected chi connectivity index (χ4v) is 3.53. The number of carbonyl (C=O) groups excluding carboxylic acids is 1. The SMILES string of the molecule is Cc1cscc1NC(=O)N(CC(C)O)C1CCCCC1. The summed E-state index contributed by atoms with van der Waals surface area (Å²) in [6.45, 7) is 4.13. The Bertz CT molecular complexity index is 439. The summed E-state index contributed by atoms with van der Waals surface area (Å²) in [7, 11) is 0. The van der Waals surface area contributed by atoms with Crippen molar-refractivity contribution in [2.75, 3.05) is 11.9 Å². The molecule has 0 radical (unpaired) electrons. The van der Waals surface area contributed by atoms with Crippen LogP contribution in [0.15, 0.2) is 10.8 Å². The van der Waals surface area contributed by atoms with Crippen LogP contribution in [0.2, 0.25) is 0 Å². The minimum Gasteiger partial charge on any atom is -0.392 e. The number of nitrogens with zero attached hydrogens (tertiary/aromatic N) is 1. The third-order valence-corrected chi connectivity index (χ3v) is 4.70. The van der Waals surface area contributed by atoms with Crippen molar-refractivity contribution in [3.05, 3.63) is 16.3 Å². The lowest BCUT2D eigenvalue weighted by molar-refractivity contribution is 0.105. The third-order valence-electron chi connectivity index (χ3n) is 3.83. The Kier molecular flexibility index (Phi) is 5.43. The van der Waals surface area contributed by atoms with E-state index >= 15 is 0 Å². The molecule has 20 heavy (non-hydrogen) atoms. The van der Waals surface area contributed by atoms with Crippen LogP contribution in [0, 0.1) is 6.92 Å². The molecule has 1 fully saturated rings. The smallest absolute Gasteiger partial charge is 0.322 e. The van der Waals surface area contributed by atoms with Crippen LogP contribution < -0.4 is 5.32 Å². The van der Waals surface area contributed by atoms with Gasteiger partial charge >= 0.3 is 6.03 Å². The zero-order valence-corrected chi connectivity index (χ0v) is 13.1. The van der Waals surface area contributed by atoms with Crippen LogP contribution in [0.1, 0.15) is 44.6 Å². The topological polar surface area (TPSA) is 52.6 Å². The maximum absolute atomic E-state index is 12.5. The van der Waals surface area contributed by atoms with Crippen molar-refractivity contribution in [3.63, 3.8) is 0 Å². The van der Waals surface area contributed by atoms with Gasteiger partial charge in [-0.15, -0.1) is 11.3 Å². The molecule has 1 heterocycles. The fourth-order valence-electron chi connectivity index (χ4n) is 2.75. The van der Waals surface area contributed by atoms with E-state index in [2.05, 4.69) is 5.32 Å². The van der Waals surface area contributed by atoms with Crippen LogP contribution in [-0.4, -0.2) is 34.7 Å². The lowest BCUT2D eigenvalue weighted by atomic mass is 9.94. The predicted octanol–water partition coefficient (Wildman–Crippen LogP) is 3.60. The van der Waals surface area contributed by atoms with E-state index in [1.807, 2.05) is 22.6 Å². The minimum absolute atomic E-state index is 0.0840. The van der Waals surface area contributed by atoms with Crippen LogP contribution in [0.5, 0.6) is 0 Å². The molecule has 0 spiro atoms. The summed E-state index contributed by atoms with van der Waals surface area (Å²) in [5, 5.41) is 16.6. The Balaban J connectivity index is 2.05. The second-order valence-electron chi connectivity index (χ2n) is 5.69. The summed E-state index contributed by atoms with van der Waals surface area (Å²) in [6, 6.07) is 0.177. The molecule has 0 bridgehead atoms. The molecule has 1 aliphatic rings. The first-order valence-corrected chi connectivity index (χ1v) is 8.30. The Morgan fingerprint density at radius 2 is 2.15 bits per heavy atom. The number of aliphatic hydroxyl groups is 1. The number of carbonyl (C=O) groups is 1. The molecule has 1 aliphatic carbocycles. The molecule has 1 aromatic rings. The van der Waals surface area contributed by atoms with E-state index in [4.69, 9.17) is 0 Å². The normalized spacial score (nSPS) is 17.8. The van der Waals surface area contributed by atoms with E-state index in [1.165, 1.54) is 19.3 Å². The van der Waals surface area contributed by atoms with Crippen LogP contribution >= 0.6 is 11.3 Å². The van der Waals surface area contributed by atoms with Gasteiger partial charge < -0.3 is 15.3 Å². The Morgan fingerprint density at radius 1 is 1.45 bits per heavy atom. The highest BCUT2D eigenvalue weighted by Crippen LogP contribution is 2.25. The lowest BCUT2D eigenvalue weighted by Crippen LogP contribution is -2.47. The quantitative estimate of drug-likeness (QED) is 0.892. The van der Waals surface area contributed by atoms with E-state index in [1.54, 1.807) is 18.3 Å². The first-order chi connectivity index (χ1) is 9.58. The number of aliphatic hydroxyl groups excluding tert-OH is 1. The van der Waals surface area contributed by atoms with Crippen LogP contribution in [0.3, 0.4) is 0 Å². The highest BCUT2D eigenvalue weighted by molar-refractivity contribution is 7.08. The number of hydrogen-bond donors (Lipinski definition) is 2. The summed E-state index contributed by atoms with van der Waals surface area (Å²) in [4.78, 5) is 14.3. The maximum atomic E-state index is 12.5. The number of nitrogens with one attached hydrogen (secondary N) is 1. The first-order valence-electron chi connectivity index (χ1n) is 7.36. The Hall–Kier alpha value is -1.07. The minimum atomic E-state index is -0.494. The molecule has 2 N–H and O–H groups in total. The fraction of sp³-hybridized carbons (Fsp3) is 0.667. The molecule has 5 heteroatoms. The molecular weight excluding hydrogens is 272 g/mol. The number of urea groups is 1. The average molecular weight is 296 g/mol. The van der Waals surface area contributed by atoms with Crippen molar-refractivity contribution in [3.8, 4) is 0 Å². The van der Waals surface area contributed by atoms with E-state index in [0.29, 0.717) is 6.54 Å². The van der Waals surface area contributed by atoms with Gasteiger partial charge in [-0.1, -0.05) is 19.3 Å². The Labute approximate surface area is 124 Å². The molecule has 4 nitrogen and oxygen atoms in total. The second kappa shape index (κ2) is 7.09. The molecule has 0 aromatic carbocycles. The molecule has 0 aliphatic heterocycles. The summed E-state index contributed by atoms with van der Waals surface area (Å²) in [5.41, 5.74) is 1.97. The van der Waals surface area contributed by atoms with Gasteiger partial charge in [0, 0.05) is 18.0 Å². The monoisotopic (exact) mass is 296 g/mol. The van der Waals surface area contributed by atoms with Crippen LogP contribution in [-0.2, 0) is 0 Å². The van der Waals surface area contributed by atoms with E-state index in [9.17, 15) is 9.90 Å². The summed E-state index contributed by atoms with van der Waals surface area (Å²) < 4.78 is 0. The van der Waals surface area contributed by atoms with Crippen molar-refractivity contribution in [1.29, 1.82) is 0 Å².